The Bertz CT molecular complexity index is 2130. The maximum absolute atomic E-state index is 2.50. The van der Waals surface area contributed by atoms with Crippen LogP contribution in [0.2, 0.25) is 0 Å². The molecule has 0 unspecified atom stereocenters. The molecular formula is C36H22BNS2. The van der Waals surface area contributed by atoms with Crippen LogP contribution in [-0.2, 0) is 0 Å². The molecule has 6 aromatic carbocycles. The molecule has 0 fully saturated rings. The van der Waals surface area contributed by atoms with Crippen LogP contribution in [0.25, 0.3) is 31.3 Å². The third-order valence-corrected chi connectivity index (χ3v) is 10.7. The van der Waals surface area contributed by atoms with Gasteiger partial charge < -0.3 is 4.90 Å². The van der Waals surface area contributed by atoms with Gasteiger partial charge in [0, 0.05) is 46.9 Å². The number of rotatable bonds is 2. The molecule has 7 aromatic rings. The fraction of sp³-hybridized carbons (Fsp3) is 0. The van der Waals surface area contributed by atoms with Gasteiger partial charge >= 0.3 is 0 Å². The lowest BCUT2D eigenvalue weighted by atomic mass is 9.35. The number of hydrogen-bond acceptors (Lipinski definition) is 3. The van der Waals surface area contributed by atoms with E-state index in [2.05, 4.69) is 138 Å². The van der Waals surface area contributed by atoms with Gasteiger partial charge in [-0.15, -0.1) is 11.3 Å². The second-order valence-electron chi connectivity index (χ2n) is 10.5. The van der Waals surface area contributed by atoms with E-state index in [-0.39, 0.29) is 6.71 Å². The topological polar surface area (TPSA) is 3.24 Å². The van der Waals surface area contributed by atoms with Crippen molar-refractivity contribution in [3.05, 3.63) is 133 Å². The summed E-state index contributed by atoms with van der Waals surface area (Å²) in [6.45, 7) is 0.233. The average Bonchev–Trinajstić information content (AvgIpc) is 3.39. The maximum Gasteiger partial charge on any atom is 0.249 e. The van der Waals surface area contributed by atoms with Gasteiger partial charge in [-0.1, -0.05) is 102 Å². The van der Waals surface area contributed by atoms with Crippen LogP contribution in [0.3, 0.4) is 0 Å². The zero-order valence-electron chi connectivity index (χ0n) is 21.5. The quantitative estimate of drug-likeness (QED) is 0.201. The maximum atomic E-state index is 2.50. The molecule has 4 heteroatoms. The first kappa shape index (κ1) is 22.6. The second kappa shape index (κ2) is 8.63. The minimum Gasteiger partial charge on any atom is -0.311 e. The van der Waals surface area contributed by atoms with Crippen LogP contribution >= 0.6 is 23.1 Å². The summed E-state index contributed by atoms with van der Waals surface area (Å²) >= 11 is 3.77. The lowest BCUT2D eigenvalue weighted by Crippen LogP contribution is -2.59. The first-order chi connectivity index (χ1) is 19.8. The van der Waals surface area contributed by atoms with Gasteiger partial charge in [0.05, 0.1) is 5.69 Å². The fourth-order valence-corrected chi connectivity index (χ4v) is 8.90. The van der Waals surface area contributed by atoms with E-state index in [1.54, 1.807) is 0 Å². The Morgan fingerprint density at radius 2 is 1.20 bits per heavy atom. The van der Waals surface area contributed by atoms with E-state index in [0.29, 0.717) is 0 Å². The van der Waals surface area contributed by atoms with Gasteiger partial charge in [-0.25, -0.2) is 0 Å². The van der Waals surface area contributed by atoms with Crippen LogP contribution in [0.15, 0.2) is 143 Å². The number of thiophene rings is 1. The first-order valence-corrected chi connectivity index (χ1v) is 15.3. The van der Waals surface area contributed by atoms with Crippen molar-refractivity contribution in [3.8, 4) is 11.1 Å². The van der Waals surface area contributed by atoms with Gasteiger partial charge in [0.2, 0.25) is 6.71 Å². The van der Waals surface area contributed by atoms with Crippen LogP contribution in [0, 0.1) is 0 Å². The summed E-state index contributed by atoms with van der Waals surface area (Å²) in [4.78, 5) is 5.21. The van der Waals surface area contributed by atoms with Crippen LogP contribution in [0.5, 0.6) is 0 Å². The Labute approximate surface area is 241 Å². The van der Waals surface area contributed by atoms with Crippen molar-refractivity contribution in [3.63, 3.8) is 0 Å². The van der Waals surface area contributed by atoms with E-state index in [1.807, 2.05) is 23.1 Å². The van der Waals surface area contributed by atoms with Crippen molar-refractivity contribution in [2.75, 3.05) is 4.90 Å². The lowest BCUT2D eigenvalue weighted by Gasteiger charge is -2.40. The number of benzene rings is 6. The number of nitrogens with zero attached hydrogens (tertiary/aromatic N) is 1. The fourth-order valence-electron chi connectivity index (χ4n) is 6.65. The highest BCUT2D eigenvalue weighted by Crippen LogP contribution is 2.45. The van der Waals surface area contributed by atoms with Crippen molar-refractivity contribution in [1.82, 2.24) is 0 Å². The van der Waals surface area contributed by atoms with Gasteiger partial charge in [-0.2, -0.15) is 0 Å². The highest BCUT2D eigenvalue weighted by Gasteiger charge is 2.40. The molecule has 1 nitrogen and oxygen atoms in total. The summed E-state index contributed by atoms with van der Waals surface area (Å²) in [5, 5.41) is 2.66. The summed E-state index contributed by atoms with van der Waals surface area (Å²) in [6, 6.07) is 49.4. The zero-order chi connectivity index (χ0) is 26.2. The van der Waals surface area contributed by atoms with E-state index >= 15 is 0 Å². The largest absolute Gasteiger partial charge is 0.311 e. The molecule has 3 heterocycles. The Hall–Kier alpha value is -4.25. The SMILES string of the molecule is c1ccc2c(c1)Sc1cccc3c1B2c1ccccc1N3c1ccccc1-c1ccc2sc3ccccc3c2c1. The zero-order valence-corrected chi connectivity index (χ0v) is 23.2. The highest BCUT2D eigenvalue weighted by atomic mass is 32.2. The third kappa shape index (κ3) is 3.18. The molecule has 2 aliphatic rings. The average molecular weight is 544 g/mol. The van der Waals surface area contributed by atoms with Crippen molar-refractivity contribution < 1.29 is 0 Å². The summed E-state index contributed by atoms with van der Waals surface area (Å²) < 4.78 is 2.68. The summed E-state index contributed by atoms with van der Waals surface area (Å²) in [6.07, 6.45) is 0. The van der Waals surface area contributed by atoms with Crippen LogP contribution < -0.4 is 21.3 Å². The van der Waals surface area contributed by atoms with Crippen molar-refractivity contribution in [2.45, 2.75) is 9.79 Å². The predicted molar refractivity (Wildman–Crippen MR) is 175 cm³/mol. The van der Waals surface area contributed by atoms with Gasteiger partial charge in [-0.3, -0.25) is 0 Å². The lowest BCUT2D eigenvalue weighted by molar-refractivity contribution is 1.27. The molecule has 186 valence electrons. The molecule has 0 aliphatic carbocycles. The van der Waals surface area contributed by atoms with Crippen LogP contribution in [0.1, 0.15) is 0 Å². The van der Waals surface area contributed by atoms with Gasteiger partial charge in [0.15, 0.2) is 0 Å². The van der Waals surface area contributed by atoms with E-state index < -0.39 is 0 Å². The Kier molecular flexibility index (Phi) is 4.86. The Morgan fingerprint density at radius 3 is 2.15 bits per heavy atom. The van der Waals surface area contributed by atoms with Gasteiger partial charge in [0.25, 0.3) is 0 Å². The summed E-state index contributed by atoms with van der Waals surface area (Å²) in [5.74, 6) is 0. The second-order valence-corrected chi connectivity index (χ2v) is 12.6. The van der Waals surface area contributed by atoms with Gasteiger partial charge in [0.1, 0.15) is 0 Å². The molecule has 0 radical (unpaired) electrons. The molecule has 0 bridgehead atoms. The normalized spacial score (nSPS) is 13.3. The molecule has 0 N–H and O–H groups in total. The molecule has 0 amide bonds. The molecule has 0 atom stereocenters. The molecule has 0 spiro atoms. The summed E-state index contributed by atoms with van der Waals surface area (Å²) in [5.41, 5.74) is 10.4. The molecule has 1 aromatic heterocycles. The number of para-hydroxylation sites is 2. The molecule has 0 saturated carbocycles. The van der Waals surface area contributed by atoms with E-state index in [4.69, 9.17) is 0 Å². The van der Waals surface area contributed by atoms with E-state index in [1.165, 1.54) is 74.5 Å². The van der Waals surface area contributed by atoms with Gasteiger partial charge in [-0.05, 0) is 65.0 Å². The van der Waals surface area contributed by atoms with Crippen molar-refractivity contribution in [1.29, 1.82) is 0 Å². The molecular weight excluding hydrogens is 521 g/mol. The summed E-state index contributed by atoms with van der Waals surface area (Å²) in [7, 11) is 0. The first-order valence-electron chi connectivity index (χ1n) is 13.6. The highest BCUT2D eigenvalue weighted by molar-refractivity contribution is 8.00. The Balaban J connectivity index is 1.30. The van der Waals surface area contributed by atoms with Crippen molar-refractivity contribution >= 4 is 83.4 Å². The van der Waals surface area contributed by atoms with Crippen LogP contribution in [0.4, 0.5) is 17.1 Å². The minimum absolute atomic E-state index is 0.233. The molecule has 40 heavy (non-hydrogen) atoms. The van der Waals surface area contributed by atoms with E-state index in [0.717, 1.165) is 0 Å². The van der Waals surface area contributed by atoms with Crippen molar-refractivity contribution in [2.24, 2.45) is 0 Å². The molecule has 2 aliphatic heterocycles. The smallest absolute Gasteiger partial charge is 0.249 e. The third-order valence-electron chi connectivity index (χ3n) is 8.34. The number of anilines is 3. The standard InChI is InChI=1S/C36H22BNS2/c1-5-14-29(24(10-1)23-20-21-33-26(22-23)25-11-2-7-17-32(25)39-33)38-30-15-6-3-12-27(30)37-28-13-4-8-18-34(28)40-35-19-9-16-31(38)36(35)37/h1-22H. The van der Waals surface area contributed by atoms with E-state index in [9.17, 15) is 0 Å². The molecule has 0 saturated heterocycles. The number of fused-ring (bicyclic) bond motifs is 7. The molecule has 9 rings (SSSR count). The monoisotopic (exact) mass is 543 g/mol. The number of hydrogen-bond donors (Lipinski definition) is 0. The predicted octanol–water partition coefficient (Wildman–Crippen LogP) is 8.49. The van der Waals surface area contributed by atoms with Crippen LogP contribution in [-0.4, -0.2) is 6.71 Å². The Morgan fingerprint density at radius 1 is 0.500 bits per heavy atom. The minimum atomic E-state index is 0.233.